The number of rotatable bonds is 9. The molecule has 3 N–H and O–H groups in total. The lowest BCUT2D eigenvalue weighted by Crippen LogP contribution is -2.49. The highest BCUT2D eigenvalue weighted by Crippen LogP contribution is 2.44. The van der Waals surface area contributed by atoms with Gasteiger partial charge in [0.25, 0.3) is 0 Å². The van der Waals surface area contributed by atoms with Gasteiger partial charge in [-0.3, -0.25) is 9.59 Å². The van der Waals surface area contributed by atoms with Gasteiger partial charge in [-0.2, -0.15) is 0 Å². The summed E-state index contributed by atoms with van der Waals surface area (Å²) in [6.45, 7) is 0.379. The molecule has 8 heteroatoms. The first-order valence-corrected chi connectivity index (χ1v) is 12.3. The Kier molecular flexibility index (Phi) is 6.72. The first-order valence-electron chi connectivity index (χ1n) is 12.3. The molecule has 184 valence electrons. The first-order chi connectivity index (χ1) is 17.0. The van der Waals surface area contributed by atoms with Crippen LogP contribution in [0.5, 0.6) is 0 Å². The normalized spacial score (nSPS) is 21.6. The second-order valence-electron chi connectivity index (χ2n) is 9.58. The maximum Gasteiger partial charge on any atom is 0.407 e. The lowest BCUT2D eigenvalue weighted by atomic mass is 9.98. The number of hydrogen-bond donors (Lipinski definition) is 3. The Morgan fingerprint density at radius 3 is 2.26 bits per heavy atom. The summed E-state index contributed by atoms with van der Waals surface area (Å²) in [6.07, 6.45) is 3.09. The minimum atomic E-state index is -1.23. The molecule has 0 spiro atoms. The Morgan fingerprint density at radius 2 is 1.63 bits per heavy atom. The van der Waals surface area contributed by atoms with Crippen LogP contribution in [0.25, 0.3) is 11.1 Å². The zero-order chi connectivity index (χ0) is 24.4. The van der Waals surface area contributed by atoms with Gasteiger partial charge in [-0.05, 0) is 53.9 Å². The predicted molar refractivity (Wildman–Crippen MR) is 128 cm³/mol. The molecular weight excluding hydrogens is 448 g/mol. The highest BCUT2D eigenvalue weighted by Gasteiger charge is 2.38. The van der Waals surface area contributed by atoms with E-state index in [-0.39, 0.29) is 24.7 Å². The first kappa shape index (κ1) is 23.4. The third-order valence-corrected chi connectivity index (χ3v) is 7.12. The van der Waals surface area contributed by atoms with Crippen molar-refractivity contribution in [1.82, 2.24) is 10.6 Å². The van der Waals surface area contributed by atoms with E-state index < -0.39 is 30.4 Å². The Labute approximate surface area is 204 Å². The monoisotopic (exact) mass is 478 g/mol. The number of benzene rings is 2. The zero-order valence-corrected chi connectivity index (χ0v) is 19.4. The number of hydrogen-bond acceptors (Lipinski definition) is 5. The zero-order valence-electron chi connectivity index (χ0n) is 19.4. The third-order valence-electron chi connectivity index (χ3n) is 7.12. The summed E-state index contributed by atoms with van der Waals surface area (Å²) >= 11 is 0. The Morgan fingerprint density at radius 1 is 0.971 bits per heavy atom. The summed E-state index contributed by atoms with van der Waals surface area (Å²) in [7, 11) is 0. The highest BCUT2D eigenvalue weighted by atomic mass is 16.5. The van der Waals surface area contributed by atoms with Crippen molar-refractivity contribution < 1.29 is 29.0 Å². The van der Waals surface area contributed by atoms with Gasteiger partial charge in [0.1, 0.15) is 12.6 Å². The molecule has 2 aromatic rings. The molecule has 35 heavy (non-hydrogen) atoms. The molecule has 3 aliphatic rings. The molecule has 2 amide bonds. The predicted octanol–water partition coefficient (Wildman–Crippen LogP) is 3.44. The van der Waals surface area contributed by atoms with Gasteiger partial charge in [0.05, 0.1) is 18.6 Å². The number of ether oxygens (including phenoxy) is 2. The molecule has 2 fully saturated rings. The third kappa shape index (κ3) is 5.32. The van der Waals surface area contributed by atoms with Gasteiger partial charge in [-0.25, -0.2) is 4.79 Å². The number of nitrogens with one attached hydrogen (secondary N) is 2. The van der Waals surface area contributed by atoms with E-state index in [4.69, 9.17) is 9.47 Å². The molecule has 2 aromatic carbocycles. The summed E-state index contributed by atoms with van der Waals surface area (Å²) in [5.41, 5.74) is 4.36. The van der Waals surface area contributed by atoms with Crippen LogP contribution < -0.4 is 10.6 Å². The Bertz CT molecular complexity index is 1070. The number of aliphatic carboxylic acids is 1. The number of amides is 2. The summed E-state index contributed by atoms with van der Waals surface area (Å²) in [4.78, 5) is 36.6. The van der Waals surface area contributed by atoms with Crippen LogP contribution in [-0.2, 0) is 19.1 Å². The number of carboxylic acid groups (broad SMARTS) is 1. The Balaban J connectivity index is 1.16. The van der Waals surface area contributed by atoms with E-state index in [0.717, 1.165) is 35.1 Å². The molecule has 1 heterocycles. The van der Waals surface area contributed by atoms with E-state index in [2.05, 4.69) is 10.6 Å². The van der Waals surface area contributed by atoms with Crippen molar-refractivity contribution in [1.29, 1.82) is 0 Å². The molecule has 8 nitrogen and oxygen atoms in total. The fourth-order valence-electron chi connectivity index (χ4n) is 5.20. The van der Waals surface area contributed by atoms with Gasteiger partial charge in [-0.1, -0.05) is 48.5 Å². The Hall–Kier alpha value is -3.39. The second kappa shape index (κ2) is 10.1. The van der Waals surface area contributed by atoms with Crippen molar-refractivity contribution in [3.63, 3.8) is 0 Å². The summed E-state index contributed by atoms with van der Waals surface area (Å²) < 4.78 is 11.5. The van der Waals surface area contributed by atoms with Gasteiger partial charge in [-0.15, -0.1) is 0 Å². The van der Waals surface area contributed by atoms with E-state index in [0.29, 0.717) is 12.5 Å². The van der Waals surface area contributed by atoms with Crippen LogP contribution in [0.2, 0.25) is 0 Å². The van der Waals surface area contributed by atoms with Crippen LogP contribution in [0.1, 0.15) is 49.1 Å². The molecule has 2 aliphatic carbocycles. The number of fused-ring (bicyclic) bond motifs is 3. The number of carboxylic acids is 1. The lowest BCUT2D eigenvalue weighted by Gasteiger charge is -2.20. The van der Waals surface area contributed by atoms with Crippen LogP contribution in [0, 0.1) is 5.92 Å². The van der Waals surface area contributed by atoms with E-state index in [1.165, 1.54) is 12.8 Å². The van der Waals surface area contributed by atoms with Gasteiger partial charge in [0.15, 0.2) is 0 Å². The fourth-order valence-corrected chi connectivity index (χ4v) is 5.20. The number of carbonyl (C=O) groups excluding carboxylic acids is 2. The molecular formula is C27H30N2O6. The van der Waals surface area contributed by atoms with E-state index in [1.807, 2.05) is 48.5 Å². The SMILES string of the molecule is O=C(O)CC(NC(=O)OCC1c2ccccc2-c2ccccc21)C(=O)NC[C@H]1CC[C@@H](C2CC2)O1. The highest BCUT2D eigenvalue weighted by molar-refractivity contribution is 5.89. The van der Waals surface area contributed by atoms with Gasteiger partial charge < -0.3 is 25.2 Å². The molecule has 3 atom stereocenters. The molecule has 1 unspecified atom stereocenters. The van der Waals surface area contributed by atoms with Crippen LogP contribution in [0.15, 0.2) is 48.5 Å². The van der Waals surface area contributed by atoms with E-state index in [9.17, 15) is 19.5 Å². The van der Waals surface area contributed by atoms with Gasteiger partial charge in [0.2, 0.25) is 5.91 Å². The maximum absolute atomic E-state index is 12.7. The summed E-state index contributed by atoms with van der Waals surface area (Å²) in [6, 6.07) is 14.7. The van der Waals surface area contributed by atoms with Crippen molar-refractivity contribution in [3.05, 3.63) is 59.7 Å². The van der Waals surface area contributed by atoms with Crippen molar-refractivity contribution in [2.24, 2.45) is 5.92 Å². The topological polar surface area (TPSA) is 114 Å². The number of alkyl carbamates (subject to hydrolysis) is 1. The van der Waals surface area contributed by atoms with Crippen molar-refractivity contribution in [3.8, 4) is 11.1 Å². The molecule has 1 saturated carbocycles. The molecule has 0 radical (unpaired) electrons. The molecule has 5 rings (SSSR count). The largest absolute Gasteiger partial charge is 0.481 e. The quantitative estimate of drug-likeness (QED) is 0.509. The minimum Gasteiger partial charge on any atom is -0.481 e. The molecule has 1 saturated heterocycles. The fraction of sp³-hybridized carbons (Fsp3) is 0.444. The smallest absolute Gasteiger partial charge is 0.407 e. The van der Waals surface area contributed by atoms with Crippen molar-refractivity contribution >= 4 is 18.0 Å². The molecule has 0 aromatic heterocycles. The van der Waals surface area contributed by atoms with Gasteiger partial charge >= 0.3 is 12.1 Å². The van der Waals surface area contributed by atoms with Crippen molar-refractivity contribution in [2.45, 2.75) is 56.3 Å². The van der Waals surface area contributed by atoms with Crippen LogP contribution in [0.3, 0.4) is 0 Å². The average Bonchev–Trinajstić information content (AvgIpc) is 3.51. The minimum absolute atomic E-state index is 0.0792. The second-order valence-corrected chi connectivity index (χ2v) is 9.58. The lowest BCUT2D eigenvalue weighted by molar-refractivity contribution is -0.139. The van der Waals surface area contributed by atoms with E-state index >= 15 is 0 Å². The van der Waals surface area contributed by atoms with Crippen LogP contribution >= 0.6 is 0 Å². The molecule has 1 aliphatic heterocycles. The van der Waals surface area contributed by atoms with Gasteiger partial charge in [0, 0.05) is 12.5 Å². The van der Waals surface area contributed by atoms with Crippen LogP contribution in [0.4, 0.5) is 4.79 Å². The summed E-state index contributed by atoms with van der Waals surface area (Å²) in [5, 5.41) is 14.4. The average molecular weight is 479 g/mol. The van der Waals surface area contributed by atoms with E-state index in [1.54, 1.807) is 0 Å². The molecule has 0 bridgehead atoms. The maximum atomic E-state index is 12.7. The standard InChI is InChI=1S/C27H30N2O6/c30-25(31)13-23(26(32)28-14-17-11-12-24(35-17)16-9-10-16)29-27(33)34-15-22-20-7-3-1-5-18(20)19-6-2-4-8-21(19)22/h1-8,16-17,22-24H,9-15H2,(H,28,32)(H,29,33)(H,30,31)/t17-,23?,24+/m1/s1. The van der Waals surface area contributed by atoms with Crippen LogP contribution in [-0.4, -0.2) is 54.5 Å². The summed E-state index contributed by atoms with van der Waals surface area (Å²) in [5.74, 6) is -1.22. The number of carbonyl (C=O) groups is 3. The van der Waals surface area contributed by atoms with Crippen molar-refractivity contribution in [2.75, 3.05) is 13.2 Å².